The summed E-state index contributed by atoms with van der Waals surface area (Å²) in [5.74, 6) is 19.2. The second-order valence-corrected chi connectivity index (χ2v) is 35.6. The summed E-state index contributed by atoms with van der Waals surface area (Å²) in [5.41, 5.74) is 21.0. The molecule has 0 amide bonds. The molecule has 6 aromatic rings. The Morgan fingerprint density at radius 2 is 0.277 bits per heavy atom. The molecule has 18 rings (SSSR count). The van der Waals surface area contributed by atoms with Crippen LogP contribution >= 0.6 is 0 Å². The fraction of sp³-hybridized carbons (Fsp3) is 0.745. The normalized spacial score (nSPS) is 28.4. The Kier molecular flexibility index (Phi) is 104. The van der Waals surface area contributed by atoms with Crippen molar-refractivity contribution in [3.63, 3.8) is 0 Å². The fourth-order valence-corrected chi connectivity index (χ4v) is 29.7. The maximum atomic E-state index is 2.68. The van der Waals surface area contributed by atoms with Gasteiger partial charge in [0.1, 0.15) is 0 Å². The van der Waals surface area contributed by atoms with Gasteiger partial charge in [-0.2, -0.15) is 0 Å². The van der Waals surface area contributed by atoms with Crippen molar-refractivity contribution in [2.75, 3.05) is 0 Å². The number of aryl methyl sites for hydroxylation is 6. The molecular weight excluding hydrogens is 1690 g/mol. The Balaban J connectivity index is -0.000000218. The molecule has 0 N–H and O–H groups in total. The van der Waals surface area contributed by atoms with E-state index in [-0.39, 0.29) is 0 Å². The van der Waals surface area contributed by atoms with Gasteiger partial charge >= 0.3 is 0 Å². The lowest BCUT2D eigenvalue weighted by Crippen LogP contribution is -2.52. The van der Waals surface area contributed by atoms with Gasteiger partial charge in [0.15, 0.2) is 0 Å². The van der Waals surface area contributed by atoms with Gasteiger partial charge in [0.2, 0.25) is 0 Å². The second-order valence-electron chi connectivity index (χ2n) is 35.6. The lowest BCUT2D eigenvalue weighted by Gasteiger charge is -2.60. The van der Waals surface area contributed by atoms with Gasteiger partial charge < -0.3 is 0 Å². The number of fused-ring (bicyclic) bond motifs is 3. The molecule has 0 heteroatoms. The maximum Gasteiger partial charge on any atom is -0.0154 e. The molecule has 12 aliphatic rings. The van der Waals surface area contributed by atoms with Crippen LogP contribution in [0.25, 0.3) is 0 Å². The van der Waals surface area contributed by atoms with Crippen LogP contribution in [0.15, 0.2) is 146 Å². The Morgan fingerprint density at radius 3 is 0.411 bits per heavy atom. The van der Waals surface area contributed by atoms with Gasteiger partial charge in [0, 0.05) is 0 Å². The number of hydrogen-bond acceptors (Lipinski definition) is 0. The van der Waals surface area contributed by atoms with E-state index in [1.807, 2.05) is 332 Å². The minimum atomic E-state index is 0.652. The zero-order chi connectivity index (χ0) is 111. The van der Waals surface area contributed by atoms with Crippen LogP contribution < -0.4 is 0 Å². The van der Waals surface area contributed by atoms with Crippen molar-refractivity contribution in [2.24, 2.45) is 105 Å². The van der Waals surface area contributed by atoms with Gasteiger partial charge in [-0.1, -0.05) is 537 Å². The first-order chi connectivity index (χ1) is 69.3. The largest absolute Gasteiger partial charge is 0.0683 e. The highest BCUT2D eigenvalue weighted by Crippen LogP contribution is 2.77. The quantitative estimate of drug-likeness (QED) is 0.156. The number of rotatable bonds is 6. The van der Waals surface area contributed by atoms with Crippen LogP contribution in [-0.2, 0) is 0 Å². The van der Waals surface area contributed by atoms with Gasteiger partial charge in [0.05, 0.1) is 0 Å². The van der Waals surface area contributed by atoms with E-state index in [4.69, 9.17) is 0 Å². The van der Waals surface area contributed by atoms with Crippen LogP contribution in [0.2, 0.25) is 0 Å². The van der Waals surface area contributed by atoms with Crippen LogP contribution in [0.1, 0.15) is 609 Å². The van der Waals surface area contributed by atoms with Crippen LogP contribution in [0, 0.1) is 147 Å². The minimum Gasteiger partial charge on any atom is -0.0683 e. The average Bonchev–Trinajstić information content (AvgIpc) is 1.55. The smallest absolute Gasteiger partial charge is 0.0154 e. The van der Waals surface area contributed by atoms with E-state index in [1.54, 1.807) is 52.6 Å². The van der Waals surface area contributed by atoms with E-state index in [9.17, 15) is 0 Å². The molecule has 0 saturated heterocycles. The molecule has 6 aromatic carbocycles. The monoisotopic (exact) mass is 1960 g/mol. The van der Waals surface area contributed by atoms with Gasteiger partial charge in [-0.15, -0.1) is 0 Å². The van der Waals surface area contributed by atoms with E-state index in [1.165, 1.54) is 168 Å². The van der Waals surface area contributed by atoms with Gasteiger partial charge in [0.25, 0.3) is 0 Å². The Morgan fingerprint density at radius 1 is 0.156 bits per heavy atom. The summed E-state index contributed by atoms with van der Waals surface area (Å²) in [7, 11) is 0. The second kappa shape index (κ2) is 95.0. The van der Waals surface area contributed by atoms with Crippen molar-refractivity contribution in [2.45, 2.75) is 584 Å². The van der Waals surface area contributed by atoms with Gasteiger partial charge in [-0.25, -0.2) is 0 Å². The van der Waals surface area contributed by atoms with Crippen molar-refractivity contribution in [3.8, 4) is 0 Å². The molecule has 828 valence electrons. The molecule has 0 heterocycles. The van der Waals surface area contributed by atoms with Crippen molar-refractivity contribution < 1.29 is 0 Å². The molecule has 0 aromatic heterocycles. The lowest BCUT2D eigenvalue weighted by molar-refractivity contribution is -0.0888. The molecule has 0 nitrogen and oxygen atoms in total. The van der Waals surface area contributed by atoms with Gasteiger partial charge in [-0.3, -0.25) is 0 Å². The van der Waals surface area contributed by atoms with E-state index in [0.29, 0.717) is 16.2 Å². The fourth-order valence-electron chi connectivity index (χ4n) is 29.7. The molecule has 24 atom stereocenters. The first-order valence-electron chi connectivity index (χ1n) is 63.6. The molecule has 12 fully saturated rings. The highest BCUT2D eigenvalue weighted by Gasteiger charge is 2.68. The first kappa shape index (κ1) is 154. The predicted octanol–water partition coefficient (Wildman–Crippen LogP) is 49.9. The maximum absolute atomic E-state index is 2.68. The van der Waals surface area contributed by atoms with Crippen molar-refractivity contribution in [3.05, 3.63) is 212 Å². The average molecular weight is 1960 g/mol. The van der Waals surface area contributed by atoms with E-state index in [2.05, 4.69) is 208 Å². The molecule has 0 aliphatic heterocycles. The molecule has 12 saturated carbocycles. The third kappa shape index (κ3) is 39.3. The standard InChI is InChI=1S/3C31H40.24C2H6/c3*1-20-9-4-6-12-28(20)24-15-22(3)31-26(16-23-11-8-14-30(23)31)18-25(19-27(31)17-24)29-13-7-5-10-21(29)2;24*1-2/h3*4-7,9-10,12-13,22-27,30H,8,11,14-19H2,1-3H3;24*1-2H3/t3*22-,23?,24?,25?,26+,27-,30?,31-;;;;;;;;;;;;;;;;;;;;;;;;/m000......................../s1. The molecule has 3 spiro atoms. The minimum absolute atomic E-state index is 0.652. The first-order valence-corrected chi connectivity index (χ1v) is 63.6. The van der Waals surface area contributed by atoms with E-state index >= 15 is 0 Å². The van der Waals surface area contributed by atoms with Crippen LogP contribution in [0.4, 0.5) is 0 Å². The predicted molar refractivity (Wildman–Crippen MR) is 663 cm³/mol. The summed E-state index contributed by atoms with van der Waals surface area (Å²) >= 11 is 0. The third-order valence-corrected chi connectivity index (χ3v) is 32.3. The molecule has 141 heavy (non-hydrogen) atoms. The van der Waals surface area contributed by atoms with Crippen molar-refractivity contribution in [1.29, 1.82) is 0 Å². The Labute approximate surface area is 895 Å². The molecular formula is C141H264. The lowest BCUT2D eigenvalue weighted by atomic mass is 9.45. The SMILES string of the molecule is CC.CC.CC.CC.CC.CC.CC.CC.CC.CC.CC.CC.CC.CC.CC.CC.CC.CC.CC.CC.CC.CC.CC.CC.Cc1ccccc1C1C[C@@H]2CC(c3ccccc3C)C[C@H](C)[C@@]23C2CCCC2C[C@@H]3C1.Cc1ccccc1C1C[C@@H]2CC(c3ccccc3C)C[C@H](C)[C@@]23C2CCCC2C[C@@H]3C1.Cc1ccccc1C1C[C@@H]2CC(c3ccccc3C)C[C@H](C)[C@@]23C2CCCC2C[C@@H]3C1. The summed E-state index contributed by atoms with van der Waals surface area (Å²) < 4.78 is 0. The van der Waals surface area contributed by atoms with Crippen LogP contribution in [0.5, 0.6) is 0 Å². The summed E-state index contributed by atoms with van der Waals surface area (Å²) in [4.78, 5) is 0. The third-order valence-electron chi connectivity index (χ3n) is 32.3. The van der Waals surface area contributed by atoms with Gasteiger partial charge in [-0.05, 0) is 364 Å². The summed E-state index contributed by atoms with van der Waals surface area (Å²) in [6.45, 7) is 118. The highest BCUT2D eigenvalue weighted by atomic mass is 14.7. The zero-order valence-corrected chi connectivity index (χ0v) is 107. The van der Waals surface area contributed by atoms with E-state index in [0.717, 1.165) is 124 Å². The van der Waals surface area contributed by atoms with Crippen LogP contribution in [-0.4, -0.2) is 0 Å². The Bertz CT molecular complexity index is 3240. The molecule has 0 radical (unpaired) electrons. The molecule has 0 bridgehead atoms. The summed E-state index contributed by atoms with van der Waals surface area (Å²) in [6, 6.07) is 55.8. The van der Waals surface area contributed by atoms with Crippen LogP contribution in [0.3, 0.4) is 0 Å². The molecule has 12 aliphatic carbocycles. The number of benzene rings is 6. The molecule has 12 unspecified atom stereocenters. The summed E-state index contributed by atoms with van der Waals surface area (Å²) in [6.07, 6.45) is 35.7. The van der Waals surface area contributed by atoms with Crippen molar-refractivity contribution >= 4 is 0 Å². The van der Waals surface area contributed by atoms with Crippen molar-refractivity contribution in [1.82, 2.24) is 0 Å². The highest BCUT2D eigenvalue weighted by molar-refractivity contribution is 5.39. The topological polar surface area (TPSA) is 0 Å². The Hall–Kier alpha value is -4.68. The zero-order valence-electron chi connectivity index (χ0n) is 107. The van der Waals surface area contributed by atoms with E-state index < -0.39 is 0 Å². The number of hydrogen-bond donors (Lipinski definition) is 0. The summed E-state index contributed by atoms with van der Waals surface area (Å²) in [5, 5.41) is 0.